The number of anilines is 1. The van der Waals surface area contributed by atoms with Crippen LogP contribution in [-0.2, 0) is 0 Å². The van der Waals surface area contributed by atoms with E-state index in [1.165, 1.54) is 32.5 Å². The number of carbonyl (C=O) groups is 1. The number of rotatable bonds is 4. The lowest BCUT2D eigenvalue weighted by Crippen LogP contribution is -2.13. The lowest BCUT2D eigenvalue weighted by molar-refractivity contribution is 0.102. The molecule has 104 valence electrons. The molecule has 0 radical (unpaired) electrons. The lowest BCUT2D eigenvalue weighted by Gasteiger charge is -2.09. The molecule has 2 N–H and O–H groups in total. The number of hydrogen-bond acceptors (Lipinski definition) is 4. The fourth-order valence-electron chi connectivity index (χ4n) is 1.63. The molecule has 0 spiro atoms. The van der Waals surface area contributed by atoms with Crippen molar-refractivity contribution >= 4 is 11.6 Å². The molecule has 2 aromatic rings. The zero-order valence-corrected chi connectivity index (χ0v) is 11.1. The van der Waals surface area contributed by atoms with Gasteiger partial charge in [0.05, 0.1) is 19.9 Å². The Morgan fingerprint density at radius 2 is 1.75 bits per heavy atom. The van der Waals surface area contributed by atoms with Crippen molar-refractivity contribution in [3.8, 4) is 11.5 Å². The Morgan fingerprint density at radius 1 is 1.10 bits per heavy atom. The van der Waals surface area contributed by atoms with Crippen LogP contribution in [0.2, 0.25) is 0 Å². The zero-order chi connectivity index (χ0) is 14.5. The van der Waals surface area contributed by atoms with Gasteiger partial charge < -0.3 is 19.8 Å². The van der Waals surface area contributed by atoms with Gasteiger partial charge in [0.2, 0.25) is 5.56 Å². The molecule has 0 atom stereocenters. The third kappa shape index (κ3) is 3.17. The van der Waals surface area contributed by atoms with Gasteiger partial charge in [0.15, 0.2) is 0 Å². The van der Waals surface area contributed by atoms with Gasteiger partial charge in [-0.05, 0) is 18.2 Å². The van der Waals surface area contributed by atoms with Crippen LogP contribution in [0.15, 0.2) is 41.3 Å². The van der Waals surface area contributed by atoms with Gasteiger partial charge in [0.25, 0.3) is 5.91 Å². The van der Waals surface area contributed by atoms with Crippen LogP contribution in [0, 0.1) is 0 Å². The summed E-state index contributed by atoms with van der Waals surface area (Å²) < 4.78 is 10.2. The van der Waals surface area contributed by atoms with E-state index in [0.29, 0.717) is 22.7 Å². The molecule has 0 aliphatic carbocycles. The molecule has 1 aromatic carbocycles. The van der Waals surface area contributed by atoms with Crippen LogP contribution in [0.1, 0.15) is 10.4 Å². The van der Waals surface area contributed by atoms with Crippen LogP contribution in [0.25, 0.3) is 0 Å². The number of aromatic nitrogens is 1. The maximum Gasteiger partial charge on any atom is 0.255 e. The summed E-state index contributed by atoms with van der Waals surface area (Å²) in [6.45, 7) is 0. The minimum atomic E-state index is -0.325. The van der Waals surface area contributed by atoms with Gasteiger partial charge >= 0.3 is 0 Å². The summed E-state index contributed by atoms with van der Waals surface area (Å²) in [7, 11) is 3.02. The number of benzene rings is 1. The molecule has 1 amide bonds. The van der Waals surface area contributed by atoms with Crippen molar-refractivity contribution in [2.24, 2.45) is 0 Å². The number of nitrogens with one attached hydrogen (secondary N) is 2. The minimum absolute atomic E-state index is 0.231. The predicted octanol–water partition coefficient (Wildman–Crippen LogP) is 1.64. The second kappa shape index (κ2) is 5.92. The number of pyridine rings is 1. The van der Waals surface area contributed by atoms with Crippen LogP contribution >= 0.6 is 0 Å². The second-order valence-electron chi connectivity index (χ2n) is 4.00. The van der Waals surface area contributed by atoms with Gasteiger partial charge in [-0.25, -0.2) is 0 Å². The number of carbonyl (C=O) groups excluding carboxylic acids is 1. The molecule has 0 bridgehead atoms. The first kappa shape index (κ1) is 13.7. The number of H-pyrrole nitrogens is 1. The van der Waals surface area contributed by atoms with Crippen molar-refractivity contribution < 1.29 is 14.3 Å². The first-order chi connectivity index (χ1) is 9.62. The van der Waals surface area contributed by atoms with E-state index in [9.17, 15) is 9.59 Å². The number of hydrogen-bond donors (Lipinski definition) is 2. The summed E-state index contributed by atoms with van der Waals surface area (Å²) in [5.74, 6) is 0.723. The highest BCUT2D eigenvalue weighted by atomic mass is 16.5. The largest absolute Gasteiger partial charge is 0.497 e. The second-order valence-corrected chi connectivity index (χ2v) is 4.00. The van der Waals surface area contributed by atoms with Crippen molar-refractivity contribution in [3.63, 3.8) is 0 Å². The predicted molar refractivity (Wildman–Crippen MR) is 74.6 cm³/mol. The third-order valence-corrected chi connectivity index (χ3v) is 2.66. The Balaban J connectivity index is 2.24. The topological polar surface area (TPSA) is 80.4 Å². The minimum Gasteiger partial charge on any atom is -0.497 e. The molecule has 1 heterocycles. The molecule has 0 fully saturated rings. The highest BCUT2D eigenvalue weighted by Crippen LogP contribution is 2.23. The van der Waals surface area contributed by atoms with Crippen molar-refractivity contribution in [1.82, 2.24) is 4.98 Å². The molecular weight excluding hydrogens is 260 g/mol. The molecule has 0 unspecified atom stereocenters. The first-order valence-electron chi connectivity index (χ1n) is 5.85. The Kier molecular flexibility index (Phi) is 4.05. The molecule has 1 aromatic heterocycles. The highest BCUT2D eigenvalue weighted by Gasteiger charge is 2.10. The first-order valence-corrected chi connectivity index (χ1v) is 5.85. The third-order valence-electron chi connectivity index (χ3n) is 2.66. The molecule has 0 aliphatic rings. The summed E-state index contributed by atoms with van der Waals surface area (Å²) in [6.07, 6.45) is 1.43. The smallest absolute Gasteiger partial charge is 0.255 e. The van der Waals surface area contributed by atoms with Gasteiger partial charge in [-0.1, -0.05) is 0 Å². The van der Waals surface area contributed by atoms with Crippen LogP contribution in [0.4, 0.5) is 5.69 Å². The monoisotopic (exact) mass is 274 g/mol. The maximum atomic E-state index is 12.1. The van der Waals surface area contributed by atoms with Crippen LogP contribution < -0.4 is 20.3 Å². The van der Waals surface area contributed by atoms with E-state index in [0.717, 1.165) is 0 Å². The van der Waals surface area contributed by atoms with Crippen LogP contribution in [0.5, 0.6) is 11.5 Å². The van der Waals surface area contributed by atoms with E-state index in [4.69, 9.17) is 9.47 Å². The zero-order valence-electron chi connectivity index (χ0n) is 11.1. The maximum absolute atomic E-state index is 12.1. The average molecular weight is 274 g/mol. The number of methoxy groups -OCH3 is 2. The van der Waals surface area contributed by atoms with Crippen molar-refractivity contribution in [3.05, 3.63) is 52.4 Å². The van der Waals surface area contributed by atoms with Gasteiger partial charge in [-0.2, -0.15) is 0 Å². The fourth-order valence-corrected chi connectivity index (χ4v) is 1.63. The molecule has 0 aliphatic heterocycles. The van der Waals surface area contributed by atoms with E-state index in [-0.39, 0.29) is 11.5 Å². The van der Waals surface area contributed by atoms with Crippen LogP contribution in [0.3, 0.4) is 0 Å². The van der Waals surface area contributed by atoms with E-state index in [1.807, 2.05) is 0 Å². The highest BCUT2D eigenvalue weighted by molar-refractivity contribution is 6.04. The van der Waals surface area contributed by atoms with E-state index in [1.54, 1.807) is 18.2 Å². The van der Waals surface area contributed by atoms with Gasteiger partial charge in [-0.3, -0.25) is 9.59 Å². The average Bonchev–Trinajstić information content (AvgIpc) is 2.48. The Hall–Kier alpha value is -2.76. The normalized spacial score (nSPS) is 9.90. The summed E-state index contributed by atoms with van der Waals surface area (Å²) in [5.41, 5.74) is 0.662. The summed E-state index contributed by atoms with van der Waals surface area (Å²) in [4.78, 5) is 25.5. The van der Waals surface area contributed by atoms with Crippen LogP contribution in [-0.4, -0.2) is 25.1 Å². The Labute approximate surface area is 115 Å². The molecule has 2 rings (SSSR count). The van der Waals surface area contributed by atoms with Crippen molar-refractivity contribution in [2.75, 3.05) is 19.5 Å². The molecular formula is C14H14N2O4. The summed E-state index contributed by atoms with van der Waals surface area (Å²) >= 11 is 0. The SMILES string of the molecule is COc1cc(OC)cc(C(=O)Nc2ccc(=O)[nH]c2)c1. The Morgan fingerprint density at radius 3 is 2.25 bits per heavy atom. The molecule has 0 saturated carbocycles. The number of ether oxygens (including phenoxy) is 2. The van der Waals surface area contributed by atoms with Crippen molar-refractivity contribution in [2.45, 2.75) is 0 Å². The van der Waals surface area contributed by atoms with Gasteiger partial charge in [-0.15, -0.1) is 0 Å². The molecule has 6 nitrogen and oxygen atoms in total. The molecule has 20 heavy (non-hydrogen) atoms. The van der Waals surface area contributed by atoms with E-state index in [2.05, 4.69) is 10.3 Å². The summed E-state index contributed by atoms with van der Waals surface area (Å²) in [6, 6.07) is 7.74. The standard InChI is InChI=1S/C14H14N2O4/c1-19-11-5-9(6-12(7-11)20-2)14(18)16-10-3-4-13(17)15-8-10/h3-8H,1-2H3,(H,15,17)(H,16,18). The van der Waals surface area contributed by atoms with Gasteiger partial charge in [0.1, 0.15) is 11.5 Å². The van der Waals surface area contributed by atoms with Crippen molar-refractivity contribution in [1.29, 1.82) is 0 Å². The van der Waals surface area contributed by atoms with Gasteiger partial charge in [0, 0.05) is 23.9 Å². The number of amides is 1. The molecule has 0 saturated heterocycles. The number of aromatic amines is 1. The quantitative estimate of drug-likeness (QED) is 0.888. The lowest BCUT2D eigenvalue weighted by atomic mass is 10.2. The molecule has 6 heteroatoms. The van der Waals surface area contributed by atoms with E-state index >= 15 is 0 Å². The Bertz CT molecular complexity index is 636. The summed E-state index contributed by atoms with van der Waals surface area (Å²) in [5, 5.41) is 2.67. The van der Waals surface area contributed by atoms with E-state index < -0.39 is 0 Å². The fraction of sp³-hybridized carbons (Fsp3) is 0.143.